The zero-order valence-corrected chi connectivity index (χ0v) is 29.0. The van der Waals surface area contributed by atoms with Gasteiger partial charge in [-0.25, -0.2) is 15.0 Å². The lowest BCUT2D eigenvalue weighted by molar-refractivity contribution is -0.154. The number of aryl methyl sites for hydroxylation is 3. The zero-order valence-electron chi connectivity index (χ0n) is 27.4. The molecule has 0 spiro atoms. The Morgan fingerprint density at radius 3 is 2.40 bits per heavy atom. The van der Waals surface area contributed by atoms with Gasteiger partial charge in [-0.05, 0) is 78.0 Å². The summed E-state index contributed by atoms with van der Waals surface area (Å²) in [7, 11) is 0. The summed E-state index contributed by atoms with van der Waals surface area (Å²) in [5, 5.41) is 10.2. The third-order valence-electron chi connectivity index (χ3n) is 9.05. The fourth-order valence-corrected chi connectivity index (χ4v) is 6.92. The molecule has 12 nitrogen and oxygen atoms in total. The highest BCUT2D eigenvalue weighted by Crippen LogP contribution is 2.49. The standard InChI is InChI=1S/C34H32BrF3N8O4/c1-17-5-6-26(35)42-31(17)43-32(50)24-11-33(16-41-27(48)12-34(36,37)38)8-7-25(33)46(24)28(49)15-45-30-18(2)9-21(22-13-39-20(4)40-14-22)10-23(30)29(44-45)19(3)47/h5-10,13-14,24-25H,11-12,15-16H2,1-4H3,(H,41,48)(H,42,43,50)/t24-,25+,33+/m0/s1. The number of aromatic nitrogens is 5. The van der Waals surface area contributed by atoms with Crippen molar-refractivity contribution < 1.29 is 32.3 Å². The first-order chi connectivity index (χ1) is 23.5. The van der Waals surface area contributed by atoms with E-state index in [1.54, 1.807) is 56.6 Å². The van der Waals surface area contributed by atoms with E-state index in [-0.39, 0.29) is 36.8 Å². The van der Waals surface area contributed by atoms with Crippen LogP contribution in [0.3, 0.4) is 0 Å². The van der Waals surface area contributed by atoms with Gasteiger partial charge in [0.05, 0.1) is 11.6 Å². The highest BCUT2D eigenvalue weighted by molar-refractivity contribution is 9.10. The molecule has 1 aromatic carbocycles. The number of carbonyl (C=O) groups excluding carboxylic acids is 4. The van der Waals surface area contributed by atoms with E-state index >= 15 is 0 Å². The third-order valence-corrected chi connectivity index (χ3v) is 9.49. The van der Waals surface area contributed by atoms with Crippen molar-refractivity contribution in [1.82, 2.24) is 34.9 Å². The summed E-state index contributed by atoms with van der Waals surface area (Å²) in [4.78, 5) is 67.3. The molecule has 0 radical (unpaired) electrons. The van der Waals surface area contributed by atoms with Crippen LogP contribution in [-0.2, 0) is 20.9 Å². The number of ketones is 1. The molecule has 2 aliphatic rings. The first-order valence-corrected chi connectivity index (χ1v) is 16.4. The van der Waals surface area contributed by atoms with Crippen molar-refractivity contribution in [2.24, 2.45) is 5.41 Å². The van der Waals surface area contributed by atoms with Gasteiger partial charge >= 0.3 is 6.18 Å². The van der Waals surface area contributed by atoms with Crippen molar-refractivity contribution in [2.75, 3.05) is 11.9 Å². The van der Waals surface area contributed by atoms with E-state index in [9.17, 15) is 32.3 Å². The van der Waals surface area contributed by atoms with Crippen LogP contribution in [0.4, 0.5) is 19.0 Å². The SMILES string of the molecule is CC(=O)c1nn(CC(=O)N2[C@H](C(=O)Nc3nc(Br)ccc3C)C[C@@]3(CNC(=O)CC(F)(F)F)C=C[C@@H]23)c2c(C)cc(-c3cnc(C)nc3)cc12. The maximum Gasteiger partial charge on any atom is 0.397 e. The van der Waals surface area contributed by atoms with Crippen LogP contribution >= 0.6 is 15.9 Å². The minimum Gasteiger partial charge on any atom is -0.355 e. The molecule has 3 aromatic heterocycles. The summed E-state index contributed by atoms with van der Waals surface area (Å²) in [6.45, 7) is 6.17. The van der Waals surface area contributed by atoms with Crippen molar-refractivity contribution in [1.29, 1.82) is 0 Å². The second kappa shape index (κ2) is 13.0. The fourth-order valence-electron chi connectivity index (χ4n) is 6.61. The predicted molar refractivity (Wildman–Crippen MR) is 180 cm³/mol. The van der Waals surface area contributed by atoms with Gasteiger partial charge in [0, 0.05) is 42.2 Å². The molecule has 4 heterocycles. The Morgan fingerprint density at radius 1 is 1.04 bits per heavy atom. The van der Waals surface area contributed by atoms with Gasteiger partial charge < -0.3 is 15.5 Å². The maximum atomic E-state index is 14.3. The number of benzene rings is 1. The molecule has 1 aliphatic carbocycles. The quantitative estimate of drug-likeness (QED) is 0.138. The Morgan fingerprint density at radius 2 is 1.76 bits per heavy atom. The Balaban J connectivity index is 1.34. The number of hydrogen-bond acceptors (Lipinski definition) is 8. The molecule has 1 fully saturated rings. The second-order valence-electron chi connectivity index (χ2n) is 12.7. The Kier molecular flexibility index (Phi) is 9.09. The lowest BCUT2D eigenvalue weighted by Gasteiger charge is -2.41. The van der Waals surface area contributed by atoms with Crippen molar-refractivity contribution in [3.8, 4) is 11.1 Å². The maximum absolute atomic E-state index is 14.3. The van der Waals surface area contributed by atoms with E-state index in [0.29, 0.717) is 26.9 Å². The van der Waals surface area contributed by atoms with Gasteiger partial charge in [-0.1, -0.05) is 18.2 Å². The van der Waals surface area contributed by atoms with E-state index < -0.39 is 47.8 Å². The number of halogens is 4. The summed E-state index contributed by atoms with van der Waals surface area (Å²) >= 11 is 3.30. The van der Waals surface area contributed by atoms with Crippen LogP contribution in [0.2, 0.25) is 0 Å². The fraction of sp³-hybridized carbons (Fsp3) is 0.353. The molecule has 6 rings (SSSR count). The Bertz CT molecular complexity index is 2080. The molecule has 4 aromatic rings. The monoisotopic (exact) mass is 752 g/mol. The van der Waals surface area contributed by atoms with Gasteiger partial charge in [0.25, 0.3) is 0 Å². The predicted octanol–water partition coefficient (Wildman–Crippen LogP) is 5.01. The lowest BCUT2D eigenvalue weighted by atomic mass is 9.71. The topological polar surface area (TPSA) is 152 Å². The minimum atomic E-state index is -4.69. The van der Waals surface area contributed by atoms with Crippen molar-refractivity contribution in [3.05, 3.63) is 76.1 Å². The number of carbonyl (C=O) groups is 4. The van der Waals surface area contributed by atoms with Gasteiger partial charge in [-0.3, -0.25) is 23.9 Å². The molecule has 260 valence electrons. The van der Waals surface area contributed by atoms with Crippen LogP contribution in [0, 0.1) is 26.2 Å². The normalized spacial score (nSPS) is 19.6. The number of amides is 3. The van der Waals surface area contributed by atoms with E-state index in [0.717, 1.165) is 16.7 Å². The molecular formula is C34H32BrF3N8O4. The number of anilines is 1. The third kappa shape index (κ3) is 6.75. The summed E-state index contributed by atoms with van der Waals surface area (Å²) < 4.78 is 40.6. The van der Waals surface area contributed by atoms with Crippen LogP contribution in [0.1, 0.15) is 47.2 Å². The smallest absolute Gasteiger partial charge is 0.355 e. The molecule has 0 bridgehead atoms. The average molecular weight is 754 g/mol. The van der Waals surface area contributed by atoms with E-state index in [4.69, 9.17) is 0 Å². The first kappa shape index (κ1) is 34.9. The number of pyridine rings is 1. The number of fused-ring (bicyclic) bond motifs is 2. The van der Waals surface area contributed by atoms with E-state index in [1.165, 1.54) is 16.5 Å². The summed E-state index contributed by atoms with van der Waals surface area (Å²) in [5.41, 5.74) is 2.59. The zero-order chi connectivity index (χ0) is 36.1. The number of likely N-dealkylation sites (tertiary alicyclic amines) is 1. The molecule has 1 saturated heterocycles. The van der Waals surface area contributed by atoms with Crippen LogP contribution in [0.15, 0.2) is 53.4 Å². The highest BCUT2D eigenvalue weighted by Gasteiger charge is 2.58. The first-order valence-electron chi connectivity index (χ1n) is 15.6. The van der Waals surface area contributed by atoms with Crippen molar-refractivity contribution in [3.63, 3.8) is 0 Å². The summed E-state index contributed by atoms with van der Waals surface area (Å²) in [6, 6.07) is 5.35. The molecule has 16 heteroatoms. The van der Waals surface area contributed by atoms with Crippen LogP contribution in [-0.4, -0.2) is 77.9 Å². The number of alkyl halides is 3. The van der Waals surface area contributed by atoms with Gasteiger partial charge in [0.2, 0.25) is 17.7 Å². The second-order valence-corrected chi connectivity index (χ2v) is 13.5. The number of hydrogen-bond donors (Lipinski definition) is 2. The average Bonchev–Trinajstić information content (AvgIpc) is 3.50. The lowest BCUT2D eigenvalue weighted by Crippen LogP contribution is -2.53. The summed E-state index contributed by atoms with van der Waals surface area (Å²) in [5.74, 6) is -1.72. The molecule has 0 saturated carbocycles. The van der Waals surface area contributed by atoms with Gasteiger partial charge in [0.15, 0.2) is 5.78 Å². The molecular weight excluding hydrogens is 721 g/mol. The molecule has 3 amide bonds. The van der Waals surface area contributed by atoms with Crippen LogP contribution in [0.5, 0.6) is 0 Å². The molecule has 3 atom stereocenters. The number of rotatable bonds is 9. The molecule has 0 unspecified atom stereocenters. The number of nitrogens with zero attached hydrogens (tertiary/aromatic N) is 6. The van der Waals surface area contributed by atoms with E-state index in [1.807, 2.05) is 13.0 Å². The Labute approximate surface area is 292 Å². The van der Waals surface area contributed by atoms with Crippen LogP contribution < -0.4 is 10.6 Å². The largest absolute Gasteiger partial charge is 0.397 e. The van der Waals surface area contributed by atoms with Gasteiger partial charge in [0.1, 0.15) is 40.9 Å². The van der Waals surface area contributed by atoms with E-state index in [2.05, 4.69) is 46.6 Å². The van der Waals surface area contributed by atoms with Crippen LogP contribution in [0.25, 0.3) is 22.0 Å². The van der Waals surface area contributed by atoms with Crippen molar-refractivity contribution >= 4 is 56.2 Å². The molecule has 1 aliphatic heterocycles. The summed E-state index contributed by atoms with van der Waals surface area (Å²) in [6.07, 6.45) is 0.442. The van der Waals surface area contributed by atoms with Gasteiger partial charge in [-0.15, -0.1) is 0 Å². The van der Waals surface area contributed by atoms with Crippen molar-refractivity contribution in [2.45, 2.75) is 65.3 Å². The molecule has 2 N–H and O–H groups in total. The minimum absolute atomic E-state index is 0.0324. The Hall–Kier alpha value is -4.99. The highest BCUT2D eigenvalue weighted by atomic mass is 79.9. The van der Waals surface area contributed by atoms with Gasteiger partial charge in [-0.2, -0.15) is 18.3 Å². The number of nitrogens with one attached hydrogen (secondary N) is 2. The number of Topliss-reactive ketones (excluding diaryl/α,β-unsaturated/α-hetero) is 1. The molecule has 50 heavy (non-hydrogen) atoms.